The summed E-state index contributed by atoms with van der Waals surface area (Å²) in [5.41, 5.74) is 2.81. The van der Waals surface area contributed by atoms with Crippen LogP contribution in [0.1, 0.15) is 27.2 Å². The lowest BCUT2D eigenvalue weighted by atomic mass is 10.0. The van der Waals surface area contributed by atoms with Crippen molar-refractivity contribution in [2.24, 2.45) is 0 Å². The van der Waals surface area contributed by atoms with Crippen molar-refractivity contribution in [3.8, 4) is 0 Å². The van der Waals surface area contributed by atoms with Crippen LogP contribution < -0.4 is 10.7 Å². The Morgan fingerprint density at radius 3 is 2.31 bits per heavy atom. The largest absolute Gasteiger partial charge is 0.350 e. The molecule has 0 aliphatic rings. The summed E-state index contributed by atoms with van der Waals surface area (Å²) in [5.74, 6) is 0.0283. The molecule has 0 fully saturated rings. The summed E-state index contributed by atoms with van der Waals surface area (Å²) in [4.78, 5) is 11.3. The molecule has 0 atom stereocenters. The van der Waals surface area contributed by atoms with E-state index in [1.54, 1.807) is 5.01 Å². The van der Waals surface area contributed by atoms with Crippen LogP contribution in [0.2, 0.25) is 0 Å². The number of carbonyl (C=O) groups excluding carboxylic acids is 1. The maximum absolute atomic E-state index is 11.3. The SMILES string of the molecule is CCC(C)(C)NC(=O)CNN(C)C. The summed E-state index contributed by atoms with van der Waals surface area (Å²) >= 11 is 0. The first kappa shape index (κ1) is 12.4. The lowest BCUT2D eigenvalue weighted by Crippen LogP contribution is -2.48. The van der Waals surface area contributed by atoms with E-state index in [-0.39, 0.29) is 11.4 Å². The highest BCUT2D eigenvalue weighted by molar-refractivity contribution is 5.78. The van der Waals surface area contributed by atoms with Gasteiger partial charge in [0.2, 0.25) is 5.91 Å². The fourth-order valence-electron chi connectivity index (χ4n) is 0.740. The number of hydrazine groups is 1. The Kier molecular flexibility index (Phi) is 4.95. The Bertz CT molecular complexity index is 166. The molecule has 0 unspecified atom stereocenters. The van der Waals surface area contributed by atoms with Crippen LogP contribution in [0.5, 0.6) is 0 Å². The van der Waals surface area contributed by atoms with Crippen LogP contribution in [-0.2, 0) is 4.79 Å². The van der Waals surface area contributed by atoms with Crippen LogP contribution in [-0.4, -0.2) is 37.1 Å². The van der Waals surface area contributed by atoms with Crippen molar-refractivity contribution in [2.45, 2.75) is 32.7 Å². The molecule has 0 aromatic heterocycles. The summed E-state index contributed by atoms with van der Waals surface area (Å²) in [6.45, 7) is 6.41. The van der Waals surface area contributed by atoms with Crippen molar-refractivity contribution >= 4 is 5.91 Å². The number of amides is 1. The minimum atomic E-state index is -0.106. The molecule has 0 aromatic carbocycles. The second-order valence-electron chi connectivity index (χ2n) is 4.01. The van der Waals surface area contributed by atoms with Crippen molar-refractivity contribution in [2.75, 3.05) is 20.6 Å². The lowest BCUT2D eigenvalue weighted by molar-refractivity contribution is -0.122. The van der Waals surface area contributed by atoms with Gasteiger partial charge in [0.15, 0.2) is 0 Å². The normalized spacial score (nSPS) is 11.8. The van der Waals surface area contributed by atoms with E-state index in [9.17, 15) is 4.79 Å². The van der Waals surface area contributed by atoms with Gasteiger partial charge in [-0.2, -0.15) is 0 Å². The molecule has 0 saturated heterocycles. The summed E-state index contributed by atoms with van der Waals surface area (Å²) in [7, 11) is 3.72. The van der Waals surface area contributed by atoms with Crippen molar-refractivity contribution in [1.29, 1.82) is 0 Å². The fraction of sp³-hybridized carbons (Fsp3) is 0.889. The Balaban J connectivity index is 3.74. The molecule has 13 heavy (non-hydrogen) atoms. The van der Waals surface area contributed by atoms with Gasteiger partial charge in [0.05, 0.1) is 6.54 Å². The van der Waals surface area contributed by atoms with Gasteiger partial charge in [-0.1, -0.05) is 6.92 Å². The highest BCUT2D eigenvalue weighted by Crippen LogP contribution is 2.05. The molecule has 0 rings (SSSR count). The molecule has 0 aliphatic carbocycles. The monoisotopic (exact) mass is 187 g/mol. The van der Waals surface area contributed by atoms with Crippen molar-refractivity contribution in [1.82, 2.24) is 15.8 Å². The van der Waals surface area contributed by atoms with Gasteiger partial charge >= 0.3 is 0 Å². The van der Waals surface area contributed by atoms with Crippen LogP contribution >= 0.6 is 0 Å². The third-order valence-electron chi connectivity index (χ3n) is 1.92. The molecule has 0 aromatic rings. The van der Waals surface area contributed by atoms with E-state index in [0.29, 0.717) is 6.54 Å². The highest BCUT2D eigenvalue weighted by Gasteiger charge is 2.17. The molecule has 4 nitrogen and oxygen atoms in total. The summed E-state index contributed by atoms with van der Waals surface area (Å²) in [5, 5.41) is 4.70. The Labute approximate surface area is 80.7 Å². The number of nitrogens with zero attached hydrogens (tertiary/aromatic N) is 1. The van der Waals surface area contributed by atoms with Crippen LogP contribution in [0.3, 0.4) is 0 Å². The predicted octanol–water partition coefficient (Wildman–Crippen LogP) is 0.357. The first-order chi connectivity index (χ1) is 5.87. The molecule has 0 radical (unpaired) electrons. The van der Waals surface area contributed by atoms with Crippen molar-refractivity contribution in [3.05, 3.63) is 0 Å². The average molecular weight is 187 g/mol. The van der Waals surface area contributed by atoms with E-state index in [4.69, 9.17) is 0 Å². The molecule has 0 aliphatic heterocycles. The predicted molar refractivity (Wildman–Crippen MR) is 54.2 cm³/mol. The molecule has 0 heterocycles. The first-order valence-corrected chi connectivity index (χ1v) is 4.59. The van der Waals surface area contributed by atoms with Gasteiger partial charge < -0.3 is 5.32 Å². The van der Waals surface area contributed by atoms with E-state index in [2.05, 4.69) is 17.7 Å². The summed E-state index contributed by atoms with van der Waals surface area (Å²) in [6.07, 6.45) is 0.931. The van der Waals surface area contributed by atoms with Gasteiger partial charge in [0.1, 0.15) is 0 Å². The molecule has 0 saturated carbocycles. The third kappa shape index (κ3) is 6.54. The maximum atomic E-state index is 11.3. The first-order valence-electron chi connectivity index (χ1n) is 4.59. The number of hydrogen-bond acceptors (Lipinski definition) is 3. The zero-order chi connectivity index (χ0) is 10.5. The quantitative estimate of drug-likeness (QED) is 0.611. The molecule has 0 bridgehead atoms. The van der Waals surface area contributed by atoms with Gasteiger partial charge in [-0.25, -0.2) is 5.43 Å². The second-order valence-corrected chi connectivity index (χ2v) is 4.01. The topological polar surface area (TPSA) is 44.4 Å². The van der Waals surface area contributed by atoms with E-state index in [0.717, 1.165) is 6.42 Å². The van der Waals surface area contributed by atoms with E-state index in [1.165, 1.54) is 0 Å². The Hall–Kier alpha value is -0.610. The number of carbonyl (C=O) groups is 1. The van der Waals surface area contributed by atoms with Crippen molar-refractivity contribution < 1.29 is 4.79 Å². The number of hydrogen-bond donors (Lipinski definition) is 2. The van der Waals surface area contributed by atoms with Crippen molar-refractivity contribution in [3.63, 3.8) is 0 Å². The minimum Gasteiger partial charge on any atom is -0.350 e. The Morgan fingerprint density at radius 2 is 1.92 bits per heavy atom. The summed E-state index contributed by atoms with van der Waals surface area (Å²) < 4.78 is 0. The van der Waals surface area contributed by atoms with E-state index < -0.39 is 0 Å². The lowest BCUT2D eigenvalue weighted by Gasteiger charge is -2.25. The molecule has 1 amide bonds. The Morgan fingerprint density at radius 1 is 1.38 bits per heavy atom. The van der Waals surface area contributed by atoms with Crippen LogP contribution in [0.15, 0.2) is 0 Å². The van der Waals surface area contributed by atoms with Gasteiger partial charge in [0, 0.05) is 19.6 Å². The molecule has 0 spiro atoms. The van der Waals surface area contributed by atoms with Crippen LogP contribution in [0, 0.1) is 0 Å². The van der Waals surface area contributed by atoms with Crippen LogP contribution in [0.25, 0.3) is 0 Å². The fourth-order valence-corrected chi connectivity index (χ4v) is 0.740. The molecular weight excluding hydrogens is 166 g/mol. The maximum Gasteiger partial charge on any atom is 0.235 e. The van der Waals surface area contributed by atoms with Gasteiger partial charge in [0.25, 0.3) is 0 Å². The highest BCUT2D eigenvalue weighted by atomic mass is 16.2. The van der Waals surface area contributed by atoms with Crippen LogP contribution in [0.4, 0.5) is 0 Å². The zero-order valence-corrected chi connectivity index (χ0v) is 9.27. The smallest absolute Gasteiger partial charge is 0.235 e. The molecule has 4 heteroatoms. The average Bonchev–Trinajstić information content (AvgIpc) is 2.00. The molecule has 2 N–H and O–H groups in total. The third-order valence-corrected chi connectivity index (χ3v) is 1.92. The van der Waals surface area contributed by atoms with E-state index >= 15 is 0 Å². The minimum absolute atomic E-state index is 0.0283. The number of rotatable bonds is 5. The van der Waals surface area contributed by atoms with Gasteiger partial charge in [-0.15, -0.1) is 0 Å². The standard InChI is InChI=1S/C9H21N3O/c1-6-9(2,3)11-8(13)7-10-12(4)5/h10H,6-7H2,1-5H3,(H,11,13). The number of nitrogens with one attached hydrogen (secondary N) is 2. The molecule has 78 valence electrons. The van der Waals surface area contributed by atoms with E-state index in [1.807, 2.05) is 27.9 Å². The zero-order valence-electron chi connectivity index (χ0n) is 9.27. The van der Waals surface area contributed by atoms with Gasteiger partial charge in [-0.3, -0.25) is 9.80 Å². The van der Waals surface area contributed by atoms with Gasteiger partial charge in [-0.05, 0) is 20.3 Å². The summed E-state index contributed by atoms with van der Waals surface area (Å²) in [6, 6.07) is 0. The second kappa shape index (κ2) is 5.19. The molecular formula is C9H21N3O.